The molecule has 2 heterocycles. The van der Waals surface area contributed by atoms with Crippen LogP contribution >= 0.6 is 0 Å². The Kier molecular flexibility index (Phi) is 8.50. The van der Waals surface area contributed by atoms with Gasteiger partial charge in [0.05, 0.1) is 18.0 Å². The van der Waals surface area contributed by atoms with Gasteiger partial charge in [-0.25, -0.2) is 8.42 Å². The Labute approximate surface area is 228 Å². The van der Waals surface area contributed by atoms with E-state index >= 15 is 0 Å². The predicted molar refractivity (Wildman–Crippen MR) is 150 cm³/mol. The molecule has 0 saturated heterocycles. The maximum Gasteiger partial charge on any atom is 0.296 e. The quantitative estimate of drug-likeness (QED) is 0.279. The zero-order valence-electron chi connectivity index (χ0n) is 22.6. The molecule has 1 atom stereocenters. The highest BCUT2D eigenvalue weighted by Gasteiger charge is 2.32. The summed E-state index contributed by atoms with van der Waals surface area (Å²) in [5, 5.41) is 11.5. The van der Waals surface area contributed by atoms with Gasteiger partial charge in [0.15, 0.2) is 4.90 Å². The van der Waals surface area contributed by atoms with E-state index in [0.717, 1.165) is 35.1 Å². The van der Waals surface area contributed by atoms with Crippen LogP contribution in [0.5, 0.6) is 11.6 Å². The molecular formula is C30H33N3O5S. The Morgan fingerprint density at radius 1 is 1.08 bits per heavy atom. The number of ether oxygens (including phenoxy) is 1. The Balaban J connectivity index is 1.87. The van der Waals surface area contributed by atoms with Crippen LogP contribution in [0.25, 0.3) is 11.1 Å². The Morgan fingerprint density at radius 3 is 2.46 bits per heavy atom. The Morgan fingerprint density at radius 2 is 1.82 bits per heavy atom. The number of aromatic hydroxyl groups is 1. The minimum absolute atomic E-state index is 0.102. The summed E-state index contributed by atoms with van der Waals surface area (Å²) in [5.74, 6) is 0.369. The van der Waals surface area contributed by atoms with Crippen molar-refractivity contribution in [2.75, 3.05) is 7.11 Å². The second-order valence-corrected chi connectivity index (χ2v) is 11.3. The molecule has 0 fully saturated rings. The third kappa shape index (κ3) is 5.59. The third-order valence-corrected chi connectivity index (χ3v) is 8.62. The molecule has 0 bridgehead atoms. The molecule has 0 aliphatic rings. The lowest BCUT2D eigenvalue weighted by Crippen LogP contribution is -2.27. The number of aryl methyl sites for hydroxylation is 2. The summed E-state index contributed by atoms with van der Waals surface area (Å²) in [6.07, 6.45) is 5.91. The largest absolute Gasteiger partial charge is 0.497 e. The lowest BCUT2D eigenvalue weighted by molar-refractivity contribution is 0.357. The van der Waals surface area contributed by atoms with E-state index < -0.39 is 32.2 Å². The van der Waals surface area contributed by atoms with Crippen LogP contribution in [0.3, 0.4) is 0 Å². The van der Waals surface area contributed by atoms with E-state index in [1.807, 2.05) is 51.1 Å². The van der Waals surface area contributed by atoms with E-state index in [-0.39, 0.29) is 4.90 Å². The molecule has 0 aliphatic heterocycles. The number of hydrogen-bond acceptors (Lipinski definition) is 7. The van der Waals surface area contributed by atoms with Gasteiger partial charge in [0.2, 0.25) is 15.7 Å². The fraction of sp³-hybridized carbons (Fsp3) is 0.300. The van der Waals surface area contributed by atoms with Crippen molar-refractivity contribution in [2.45, 2.75) is 62.3 Å². The number of sulfone groups is 1. The Hall–Kier alpha value is -3.98. The number of hydrogen-bond donors (Lipinski definition) is 1. The lowest BCUT2D eigenvalue weighted by Gasteiger charge is -2.25. The molecule has 0 radical (unpaired) electrons. The summed E-state index contributed by atoms with van der Waals surface area (Å²) in [7, 11) is -2.82. The first-order chi connectivity index (χ1) is 18.7. The average molecular weight is 548 g/mol. The average Bonchev–Trinajstić information content (AvgIpc) is 2.94. The van der Waals surface area contributed by atoms with Gasteiger partial charge < -0.3 is 9.84 Å². The van der Waals surface area contributed by atoms with Crippen molar-refractivity contribution in [3.8, 4) is 22.8 Å². The van der Waals surface area contributed by atoms with Crippen LogP contribution < -0.4 is 10.3 Å². The maximum atomic E-state index is 13.8. The molecule has 0 unspecified atom stereocenters. The van der Waals surface area contributed by atoms with Gasteiger partial charge in [-0.05, 0) is 72.4 Å². The number of unbranched alkanes of at least 4 members (excludes halogenated alkanes) is 1. The standard InChI is InChI=1S/C30H33N3O5S/c1-5-7-11-27-32-29(34)28(30(35)33(27)26(6-2)22-9-8-10-23(18-22)38-4)39(36,37)24-14-12-21(13-15-24)25-16-17-31-19-20(25)3/h8-10,12-19,26,35H,5-7,11H2,1-4H3/t26-/m0/s1. The molecule has 0 spiro atoms. The molecule has 0 saturated carbocycles. The van der Waals surface area contributed by atoms with Gasteiger partial charge in [0, 0.05) is 18.8 Å². The smallest absolute Gasteiger partial charge is 0.296 e. The summed E-state index contributed by atoms with van der Waals surface area (Å²) in [5.41, 5.74) is 2.52. The van der Waals surface area contributed by atoms with Gasteiger partial charge in [-0.3, -0.25) is 14.3 Å². The summed E-state index contributed by atoms with van der Waals surface area (Å²) < 4.78 is 34.4. The minimum Gasteiger partial charge on any atom is -0.497 e. The first-order valence-electron chi connectivity index (χ1n) is 13.0. The second-order valence-electron chi connectivity index (χ2n) is 9.38. The number of methoxy groups -OCH3 is 1. The lowest BCUT2D eigenvalue weighted by atomic mass is 10.0. The van der Waals surface area contributed by atoms with Crippen LogP contribution in [0.4, 0.5) is 0 Å². The zero-order valence-corrected chi connectivity index (χ0v) is 23.4. The number of rotatable bonds is 10. The highest BCUT2D eigenvalue weighted by molar-refractivity contribution is 7.91. The van der Waals surface area contributed by atoms with Crippen molar-refractivity contribution < 1.29 is 18.3 Å². The second kappa shape index (κ2) is 11.8. The molecule has 2 aromatic carbocycles. The van der Waals surface area contributed by atoms with Gasteiger partial charge in [-0.2, -0.15) is 4.98 Å². The summed E-state index contributed by atoms with van der Waals surface area (Å²) >= 11 is 0. The highest BCUT2D eigenvalue weighted by atomic mass is 32.2. The molecule has 8 nitrogen and oxygen atoms in total. The van der Waals surface area contributed by atoms with Crippen molar-refractivity contribution in [3.63, 3.8) is 0 Å². The first-order valence-corrected chi connectivity index (χ1v) is 14.5. The van der Waals surface area contributed by atoms with Crippen LogP contribution in [0.15, 0.2) is 81.6 Å². The number of pyridine rings is 1. The third-order valence-electron chi connectivity index (χ3n) is 6.83. The topological polar surface area (TPSA) is 111 Å². The molecule has 4 aromatic rings. The van der Waals surface area contributed by atoms with E-state index in [2.05, 4.69) is 9.97 Å². The predicted octanol–water partition coefficient (Wildman–Crippen LogP) is 5.50. The molecule has 4 rings (SSSR count). The van der Waals surface area contributed by atoms with E-state index in [1.54, 1.807) is 31.6 Å². The molecule has 39 heavy (non-hydrogen) atoms. The van der Waals surface area contributed by atoms with E-state index in [1.165, 1.54) is 16.7 Å². The van der Waals surface area contributed by atoms with Crippen molar-refractivity contribution in [2.24, 2.45) is 0 Å². The SMILES string of the molecule is CCCCc1nc(=O)c(S(=O)(=O)c2ccc(-c3ccncc3C)cc2)c(O)n1[C@@H](CC)c1cccc(OC)c1. The molecule has 204 valence electrons. The van der Waals surface area contributed by atoms with Crippen molar-refractivity contribution in [1.82, 2.24) is 14.5 Å². The fourth-order valence-electron chi connectivity index (χ4n) is 4.77. The number of nitrogens with zero attached hydrogens (tertiary/aromatic N) is 3. The van der Waals surface area contributed by atoms with Crippen LogP contribution in [0, 0.1) is 6.92 Å². The van der Waals surface area contributed by atoms with Crippen molar-refractivity contribution in [3.05, 3.63) is 94.3 Å². The summed E-state index contributed by atoms with van der Waals surface area (Å²) in [6.45, 7) is 5.86. The summed E-state index contributed by atoms with van der Waals surface area (Å²) in [4.78, 5) is 20.7. The van der Waals surface area contributed by atoms with Crippen LogP contribution in [0.1, 0.15) is 56.1 Å². The van der Waals surface area contributed by atoms with Crippen LogP contribution in [-0.4, -0.2) is 35.2 Å². The maximum absolute atomic E-state index is 13.8. The molecular weight excluding hydrogens is 514 g/mol. The van der Waals surface area contributed by atoms with Gasteiger partial charge >= 0.3 is 0 Å². The Bertz CT molecular complexity index is 1630. The fourth-order valence-corrected chi connectivity index (χ4v) is 6.11. The van der Waals surface area contributed by atoms with Gasteiger partial charge in [0.25, 0.3) is 5.56 Å². The summed E-state index contributed by atoms with van der Waals surface area (Å²) in [6, 6.07) is 15.0. The van der Waals surface area contributed by atoms with Gasteiger partial charge in [0.1, 0.15) is 11.6 Å². The van der Waals surface area contributed by atoms with E-state index in [9.17, 15) is 18.3 Å². The van der Waals surface area contributed by atoms with Crippen LogP contribution in [-0.2, 0) is 16.3 Å². The monoisotopic (exact) mass is 547 g/mol. The van der Waals surface area contributed by atoms with Gasteiger partial charge in [-0.1, -0.05) is 44.5 Å². The minimum atomic E-state index is -4.39. The van der Waals surface area contributed by atoms with E-state index in [0.29, 0.717) is 24.4 Å². The zero-order chi connectivity index (χ0) is 28.2. The number of aromatic nitrogens is 3. The molecule has 1 N–H and O–H groups in total. The van der Waals surface area contributed by atoms with Gasteiger partial charge in [-0.15, -0.1) is 0 Å². The molecule has 0 aliphatic carbocycles. The highest BCUT2D eigenvalue weighted by Crippen LogP contribution is 2.35. The van der Waals surface area contributed by atoms with Crippen molar-refractivity contribution >= 4 is 9.84 Å². The molecule has 0 amide bonds. The van der Waals surface area contributed by atoms with E-state index in [4.69, 9.17) is 4.74 Å². The number of benzene rings is 2. The van der Waals surface area contributed by atoms with Crippen LogP contribution in [0.2, 0.25) is 0 Å². The normalized spacial score (nSPS) is 12.3. The molecule has 2 aromatic heterocycles. The molecule has 9 heteroatoms. The first kappa shape index (κ1) is 28.0. The van der Waals surface area contributed by atoms with Crippen molar-refractivity contribution in [1.29, 1.82) is 0 Å².